The van der Waals surface area contributed by atoms with Crippen molar-refractivity contribution in [3.05, 3.63) is 35.5 Å². The van der Waals surface area contributed by atoms with Crippen molar-refractivity contribution in [2.75, 3.05) is 20.2 Å². The molecule has 118 valence electrons. The summed E-state index contributed by atoms with van der Waals surface area (Å²) >= 11 is 0. The predicted octanol–water partition coefficient (Wildman–Crippen LogP) is 3.78. The fourth-order valence-corrected chi connectivity index (χ4v) is 2.82. The summed E-state index contributed by atoms with van der Waals surface area (Å²) in [6, 6.07) is 4.70. The van der Waals surface area contributed by atoms with E-state index < -0.39 is 0 Å². The molecule has 4 nitrogen and oxygen atoms in total. The Morgan fingerprint density at radius 3 is 2.73 bits per heavy atom. The number of hydrogen-bond donors (Lipinski definition) is 0. The van der Waals surface area contributed by atoms with Crippen LogP contribution < -0.4 is 4.74 Å². The van der Waals surface area contributed by atoms with Gasteiger partial charge in [0.1, 0.15) is 17.3 Å². The van der Waals surface area contributed by atoms with Crippen LogP contribution >= 0.6 is 0 Å². The number of aromatic nitrogens is 1. The molecule has 0 atom stereocenters. The minimum absolute atomic E-state index is 0.338. The van der Waals surface area contributed by atoms with Crippen LogP contribution in [0.4, 0.5) is 4.39 Å². The van der Waals surface area contributed by atoms with Crippen LogP contribution in [-0.4, -0.2) is 30.1 Å². The average molecular weight is 304 g/mol. The zero-order valence-electron chi connectivity index (χ0n) is 13.1. The lowest BCUT2D eigenvalue weighted by Gasteiger charge is -2.25. The van der Waals surface area contributed by atoms with Gasteiger partial charge in [0, 0.05) is 12.6 Å². The molecule has 22 heavy (non-hydrogen) atoms. The molecule has 2 aromatic rings. The molecular formula is C17H21FN2O2. The van der Waals surface area contributed by atoms with Crippen LogP contribution in [-0.2, 0) is 6.54 Å². The topological polar surface area (TPSA) is 38.5 Å². The smallest absolute Gasteiger partial charge is 0.229 e. The Labute approximate surface area is 129 Å². The lowest BCUT2D eigenvalue weighted by molar-refractivity contribution is 0.218. The molecule has 5 heteroatoms. The van der Waals surface area contributed by atoms with Crippen molar-refractivity contribution in [2.24, 2.45) is 0 Å². The molecule has 1 aliphatic heterocycles. The van der Waals surface area contributed by atoms with Crippen LogP contribution in [0.3, 0.4) is 0 Å². The van der Waals surface area contributed by atoms with Crippen LogP contribution in [0.5, 0.6) is 5.75 Å². The van der Waals surface area contributed by atoms with Gasteiger partial charge in [0.15, 0.2) is 0 Å². The van der Waals surface area contributed by atoms with Crippen LogP contribution in [0.15, 0.2) is 22.6 Å². The molecule has 2 heterocycles. The summed E-state index contributed by atoms with van der Waals surface area (Å²) in [5.41, 5.74) is 1.26. The van der Waals surface area contributed by atoms with Crippen molar-refractivity contribution in [1.82, 2.24) is 9.88 Å². The van der Waals surface area contributed by atoms with E-state index in [9.17, 15) is 4.39 Å². The maximum absolute atomic E-state index is 14.1. The van der Waals surface area contributed by atoms with E-state index in [4.69, 9.17) is 9.15 Å². The number of rotatable bonds is 4. The minimum Gasteiger partial charge on any atom is -0.497 e. The third-order valence-electron chi connectivity index (χ3n) is 4.12. The number of aryl methyl sites for hydroxylation is 1. The summed E-state index contributed by atoms with van der Waals surface area (Å²) in [5, 5.41) is 0. The average Bonchev–Trinajstić information content (AvgIpc) is 2.89. The van der Waals surface area contributed by atoms with Gasteiger partial charge in [0.05, 0.1) is 18.4 Å². The number of benzene rings is 1. The number of ether oxygens (including phenoxy) is 1. The summed E-state index contributed by atoms with van der Waals surface area (Å²) in [6.45, 7) is 4.85. The first-order valence-corrected chi connectivity index (χ1v) is 7.70. The van der Waals surface area contributed by atoms with Crippen molar-refractivity contribution in [3.63, 3.8) is 0 Å². The molecule has 0 amide bonds. The Morgan fingerprint density at radius 1 is 1.27 bits per heavy atom. The molecule has 0 unspecified atom stereocenters. The Hall–Kier alpha value is -1.88. The minimum atomic E-state index is -0.384. The number of oxazole rings is 1. The van der Waals surface area contributed by atoms with Crippen molar-refractivity contribution in [3.8, 4) is 17.2 Å². The molecule has 1 fully saturated rings. The fourth-order valence-electron chi connectivity index (χ4n) is 2.82. The first-order chi connectivity index (χ1) is 10.7. The van der Waals surface area contributed by atoms with Gasteiger partial charge in [-0.1, -0.05) is 6.42 Å². The monoisotopic (exact) mass is 304 g/mol. The van der Waals surface area contributed by atoms with Gasteiger partial charge in [0.2, 0.25) is 5.89 Å². The number of nitrogens with zero attached hydrogens (tertiary/aromatic N) is 2. The van der Waals surface area contributed by atoms with E-state index in [1.807, 2.05) is 6.92 Å². The maximum atomic E-state index is 14.1. The van der Waals surface area contributed by atoms with E-state index >= 15 is 0 Å². The second kappa shape index (κ2) is 6.48. The number of methoxy groups -OCH3 is 1. The zero-order chi connectivity index (χ0) is 15.5. The predicted molar refractivity (Wildman–Crippen MR) is 82.3 cm³/mol. The first kappa shape index (κ1) is 15.0. The normalized spacial score (nSPS) is 16.0. The Bertz CT molecular complexity index is 648. The van der Waals surface area contributed by atoms with Crippen LogP contribution in [0, 0.1) is 12.7 Å². The Balaban J connectivity index is 1.82. The Kier molecular flexibility index (Phi) is 4.43. The fraction of sp³-hybridized carbons (Fsp3) is 0.471. The van der Waals surface area contributed by atoms with E-state index in [1.165, 1.54) is 32.4 Å². The van der Waals surface area contributed by atoms with E-state index in [-0.39, 0.29) is 5.82 Å². The molecule has 1 aromatic heterocycles. The summed E-state index contributed by atoms with van der Waals surface area (Å²) in [4.78, 5) is 6.88. The quantitative estimate of drug-likeness (QED) is 0.861. The Morgan fingerprint density at radius 2 is 2.05 bits per heavy atom. The van der Waals surface area contributed by atoms with Gasteiger partial charge >= 0.3 is 0 Å². The number of hydrogen-bond acceptors (Lipinski definition) is 4. The summed E-state index contributed by atoms with van der Waals surface area (Å²) in [6.07, 6.45) is 3.77. The molecule has 0 spiro atoms. The van der Waals surface area contributed by atoms with Crippen LogP contribution in [0.25, 0.3) is 11.5 Å². The second-order valence-corrected chi connectivity index (χ2v) is 5.70. The van der Waals surface area contributed by atoms with E-state index in [0.717, 1.165) is 31.1 Å². The van der Waals surface area contributed by atoms with Crippen molar-refractivity contribution in [1.29, 1.82) is 0 Å². The van der Waals surface area contributed by atoms with Crippen LogP contribution in [0.1, 0.15) is 30.7 Å². The van der Waals surface area contributed by atoms with Gasteiger partial charge in [-0.3, -0.25) is 4.90 Å². The molecule has 0 aliphatic carbocycles. The summed E-state index contributed by atoms with van der Waals surface area (Å²) in [7, 11) is 1.51. The summed E-state index contributed by atoms with van der Waals surface area (Å²) in [5.74, 6) is 1.20. The highest BCUT2D eigenvalue weighted by Crippen LogP contribution is 2.28. The highest BCUT2D eigenvalue weighted by molar-refractivity contribution is 5.56. The van der Waals surface area contributed by atoms with E-state index in [0.29, 0.717) is 17.2 Å². The molecule has 1 saturated heterocycles. The molecule has 0 radical (unpaired) electrons. The van der Waals surface area contributed by atoms with Gasteiger partial charge in [-0.15, -0.1) is 0 Å². The van der Waals surface area contributed by atoms with E-state index in [2.05, 4.69) is 9.88 Å². The molecule has 0 bridgehead atoms. The highest BCUT2D eigenvalue weighted by atomic mass is 19.1. The van der Waals surface area contributed by atoms with Gasteiger partial charge in [0.25, 0.3) is 0 Å². The standard InChI is InChI=1S/C17H21FN2O2/c1-12-16(11-20-8-4-3-5-9-20)19-17(22-12)14-7-6-13(21-2)10-15(14)18/h6-7,10H,3-5,8-9,11H2,1-2H3. The van der Waals surface area contributed by atoms with Gasteiger partial charge in [-0.05, 0) is 45.0 Å². The lowest BCUT2D eigenvalue weighted by atomic mass is 10.1. The van der Waals surface area contributed by atoms with Crippen LogP contribution in [0.2, 0.25) is 0 Å². The summed E-state index contributed by atoms with van der Waals surface area (Å²) < 4.78 is 24.8. The molecule has 0 N–H and O–H groups in total. The number of likely N-dealkylation sites (tertiary alicyclic amines) is 1. The zero-order valence-corrected chi connectivity index (χ0v) is 13.1. The second-order valence-electron chi connectivity index (χ2n) is 5.70. The largest absolute Gasteiger partial charge is 0.497 e. The highest BCUT2D eigenvalue weighted by Gasteiger charge is 2.18. The molecule has 1 aliphatic rings. The molecule has 0 saturated carbocycles. The third kappa shape index (κ3) is 3.14. The van der Waals surface area contributed by atoms with E-state index in [1.54, 1.807) is 12.1 Å². The number of halogens is 1. The first-order valence-electron chi connectivity index (χ1n) is 7.70. The molecule has 1 aromatic carbocycles. The van der Waals surface area contributed by atoms with Crippen molar-refractivity contribution >= 4 is 0 Å². The van der Waals surface area contributed by atoms with Gasteiger partial charge in [-0.25, -0.2) is 9.37 Å². The van der Waals surface area contributed by atoms with Crippen molar-refractivity contribution < 1.29 is 13.5 Å². The van der Waals surface area contributed by atoms with Gasteiger partial charge in [-0.2, -0.15) is 0 Å². The van der Waals surface area contributed by atoms with Gasteiger partial charge < -0.3 is 9.15 Å². The lowest BCUT2D eigenvalue weighted by Crippen LogP contribution is -2.29. The van der Waals surface area contributed by atoms with Crippen molar-refractivity contribution in [2.45, 2.75) is 32.7 Å². The molecule has 3 rings (SSSR count). The SMILES string of the molecule is COc1ccc(-c2nc(CN3CCCCC3)c(C)o2)c(F)c1. The number of piperidine rings is 1. The third-order valence-corrected chi connectivity index (χ3v) is 4.12. The molecular weight excluding hydrogens is 283 g/mol. The maximum Gasteiger partial charge on any atom is 0.229 e.